The van der Waals surface area contributed by atoms with Crippen molar-refractivity contribution in [1.82, 2.24) is 24.9 Å². The van der Waals surface area contributed by atoms with Crippen LogP contribution >= 0.6 is 0 Å². The summed E-state index contributed by atoms with van der Waals surface area (Å²) in [4.78, 5) is 36.7. The number of aromatic nitrogens is 4. The minimum atomic E-state index is -4.60. The highest BCUT2D eigenvalue weighted by Gasteiger charge is 2.40. The predicted molar refractivity (Wildman–Crippen MR) is 95.7 cm³/mol. The van der Waals surface area contributed by atoms with Crippen LogP contribution in [0, 0.1) is 0 Å². The summed E-state index contributed by atoms with van der Waals surface area (Å²) in [5.74, 6) is -1.88. The van der Waals surface area contributed by atoms with E-state index in [1.807, 2.05) is 0 Å². The number of nitrogens with zero attached hydrogens (tertiary/aromatic N) is 4. The van der Waals surface area contributed by atoms with E-state index < -0.39 is 36.0 Å². The van der Waals surface area contributed by atoms with Crippen molar-refractivity contribution in [1.29, 1.82) is 0 Å². The van der Waals surface area contributed by atoms with E-state index in [2.05, 4.69) is 15.5 Å². The second kappa shape index (κ2) is 7.26. The van der Waals surface area contributed by atoms with Gasteiger partial charge in [-0.25, -0.2) is 0 Å². The Labute approximate surface area is 168 Å². The number of primary amides is 1. The van der Waals surface area contributed by atoms with Crippen LogP contribution in [0.4, 0.5) is 13.2 Å². The van der Waals surface area contributed by atoms with Gasteiger partial charge in [-0.3, -0.25) is 23.7 Å². The molecule has 1 aliphatic carbocycles. The van der Waals surface area contributed by atoms with Crippen molar-refractivity contribution in [2.75, 3.05) is 6.54 Å². The summed E-state index contributed by atoms with van der Waals surface area (Å²) in [6, 6.07) is 0. The molecule has 0 aromatic carbocycles. The Balaban J connectivity index is 1.64. The van der Waals surface area contributed by atoms with Crippen molar-refractivity contribution >= 4 is 17.6 Å². The molecular formula is C18H19F3N6O3. The van der Waals surface area contributed by atoms with Crippen molar-refractivity contribution in [2.24, 2.45) is 5.73 Å². The van der Waals surface area contributed by atoms with Gasteiger partial charge in [0.2, 0.25) is 0 Å². The highest BCUT2D eigenvalue weighted by molar-refractivity contribution is 6.02. The zero-order valence-electron chi connectivity index (χ0n) is 15.9. The Kier molecular flexibility index (Phi) is 4.86. The molecular weight excluding hydrogens is 405 g/mol. The monoisotopic (exact) mass is 424 g/mol. The number of halogens is 3. The summed E-state index contributed by atoms with van der Waals surface area (Å²) in [6.45, 7) is 0.235. The third-order valence-corrected chi connectivity index (χ3v) is 5.33. The highest BCUT2D eigenvalue weighted by atomic mass is 19.4. The van der Waals surface area contributed by atoms with Crippen LogP contribution in [-0.4, -0.2) is 43.7 Å². The number of amides is 2. The second-order valence-corrected chi connectivity index (χ2v) is 7.37. The van der Waals surface area contributed by atoms with E-state index in [1.165, 1.54) is 4.68 Å². The van der Waals surface area contributed by atoms with Crippen LogP contribution in [-0.2, 0) is 43.3 Å². The molecule has 2 amide bonds. The second-order valence-electron chi connectivity index (χ2n) is 7.37. The van der Waals surface area contributed by atoms with Gasteiger partial charge in [0.05, 0.1) is 6.54 Å². The van der Waals surface area contributed by atoms with Gasteiger partial charge in [-0.15, -0.1) is 0 Å². The van der Waals surface area contributed by atoms with E-state index in [-0.39, 0.29) is 35.4 Å². The fourth-order valence-electron chi connectivity index (χ4n) is 4.09. The normalized spacial score (nSPS) is 16.0. The van der Waals surface area contributed by atoms with Crippen molar-refractivity contribution in [3.05, 3.63) is 33.9 Å². The Morgan fingerprint density at radius 2 is 1.90 bits per heavy atom. The van der Waals surface area contributed by atoms with Crippen molar-refractivity contribution in [2.45, 2.75) is 51.4 Å². The number of rotatable bonds is 5. The van der Waals surface area contributed by atoms with Gasteiger partial charge in [0, 0.05) is 29.8 Å². The summed E-state index contributed by atoms with van der Waals surface area (Å²) in [5.41, 5.74) is 4.91. The molecule has 0 bridgehead atoms. The number of nitrogens with one attached hydrogen (secondary N) is 1. The summed E-state index contributed by atoms with van der Waals surface area (Å²) in [5, 5.41) is 10.3. The van der Waals surface area contributed by atoms with Crippen LogP contribution in [0.15, 0.2) is 0 Å². The first-order chi connectivity index (χ1) is 14.2. The van der Waals surface area contributed by atoms with Gasteiger partial charge in [0.1, 0.15) is 12.2 Å². The zero-order valence-corrected chi connectivity index (χ0v) is 15.9. The Morgan fingerprint density at radius 3 is 2.60 bits per heavy atom. The SMILES string of the molecule is NC(=O)c1nn2c(c1CC(=O)Cn1nc(C(F)(F)F)c3c1CCCC3)C(=O)NCC2. The van der Waals surface area contributed by atoms with Gasteiger partial charge in [-0.2, -0.15) is 23.4 Å². The van der Waals surface area contributed by atoms with E-state index in [9.17, 15) is 27.6 Å². The molecule has 160 valence electrons. The minimum absolute atomic E-state index is 0.0712. The maximum absolute atomic E-state index is 13.3. The number of hydrogen-bond donors (Lipinski definition) is 2. The molecule has 3 N–H and O–H groups in total. The molecule has 0 saturated heterocycles. The smallest absolute Gasteiger partial charge is 0.364 e. The molecule has 4 rings (SSSR count). The molecule has 2 aliphatic rings. The van der Waals surface area contributed by atoms with Crippen LogP contribution in [0.3, 0.4) is 0 Å². The van der Waals surface area contributed by atoms with Crippen LogP contribution in [0.5, 0.6) is 0 Å². The maximum atomic E-state index is 13.3. The topological polar surface area (TPSA) is 125 Å². The number of nitrogens with two attached hydrogens (primary N) is 1. The lowest BCUT2D eigenvalue weighted by Gasteiger charge is -2.16. The Morgan fingerprint density at radius 1 is 1.17 bits per heavy atom. The molecule has 0 unspecified atom stereocenters. The van der Waals surface area contributed by atoms with E-state index in [0.29, 0.717) is 38.0 Å². The van der Waals surface area contributed by atoms with Gasteiger partial charge < -0.3 is 11.1 Å². The minimum Gasteiger partial charge on any atom is -0.364 e. The van der Waals surface area contributed by atoms with E-state index >= 15 is 0 Å². The number of Topliss-reactive ketones (excluding diaryl/α,β-unsaturated/α-hetero) is 1. The third kappa shape index (κ3) is 3.46. The molecule has 2 aromatic rings. The van der Waals surface area contributed by atoms with E-state index in [1.54, 1.807) is 0 Å². The largest absolute Gasteiger partial charge is 0.435 e. The van der Waals surface area contributed by atoms with E-state index in [4.69, 9.17) is 5.73 Å². The molecule has 0 radical (unpaired) electrons. The third-order valence-electron chi connectivity index (χ3n) is 5.33. The summed E-state index contributed by atoms with van der Waals surface area (Å²) in [6.07, 6.45) is -2.94. The zero-order chi connectivity index (χ0) is 21.6. The summed E-state index contributed by atoms with van der Waals surface area (Å²) in [7, 11) is 0. The number of fused-ring (bicyclic) bond motifs is 2. The van der Waals surface area contributed by atoms with E-state index in [0.717, 1.165) is 4.68 Å². The first-order valence-electron chi connectivity index (χ1n) is 9.52. The summed E-state index contributed by atoms with van der Waals surface area (Å²) < 4.78 is 42.4. The Hall–Kier alpha value is -3.18. The van der Waals surface area contributed by atoms with Gasteiger partial charge >= 0.3 is 6.18 Å². The quantitative estimate of drug-likeness (QED) is 0.729. The first-order valence-corrected chi connectivity index (χ1v) is 9.52. The van der Waals surface area contributed by atoms with Crippen molar-refractivity contribution in [3.63, 3.8) is 0 Å². The average molecular weight is 424 g/mol. The van der Waals surface area contributed by atoms with Crippen LogP contribution in [0.2, 0.25) is 0 Å². The van der Waals surface area contributed by atoms with Gasteiger partial charge in [0.25, 0.3) is 11.8 Å². The molecule has 0 atom stereocenters. The summed E-state index contributed by atoms with van der Waals surface area (Å²) >= 11 is 0. The molecule has 3 heterocycles. The fourth-order valence-corrected chi connectivity index (χ4v) is 4.09. The number of alkyl halides is 3. The fraction of sp³-hybridized carbons (Fsp3) is 0.500. The van der Waals surface area contributed by atoms with Crippen LogP contribution in [0.25, 0.3) is 0 Å². The average Bonchev–Trinajstić information content (AvgIpc) is 3.22. The van der Waals surface area contributed by atoms with Crippen molar-refractivity contribution in [3.8, 4) is 0 Å². The molecule has 9 nitrogen and oxygen atoms in total. The van der Waals surface area contributed by atoms with Crippen molar-refractivity contribution < 1.29 is 27.6 Å². The van der Waals surface area contributed by atoms with Gasteiger partial charge in [-0.05, 0) is 25.7 Å². The Bertz CT molecular complexity index is 1050. The standard InChI is InChI=1S/C18H19F3N6O3/c19-18(20,21)15-10-3-1-2-4-12(10)27(25-15)8-9(28)7-11-13(16(22)29)24-26-6-5-23-17(30)14(11)26/h1-8H2,(H2,22,29)(H,23,30). The van der Waals surface area contributed by atoms with Gasteiger partial charge in [0.15, 0.2) is 17.2 Å². The number of carbonyl (C=O) groups excluding carboxylic acids is 3. The number of hydrogen-bond acceptors (Lipinski definition) is 5. The maximum Gasteiger partial charge on any atom is 0.435 e. The first kappa shape index (κ1) is 20.1. The highest BCUT2D eigenvalue weighted by Crippen LogP contribution is 2.35. The number of carbonyl (C=O) groups is 3. The molecule has 30 heavy (non-hydrogen) atoms. The lowest BCUT2D eigenvalue weighted by atomic mass is 9.95. The predicted octanol–water partition coefficient (Wildman–Crippen LogP) is 0.631. The lowest BCUT2D eigenvalue weighted by Crippen LogP contribution is -2.36. The molecule has 1 aliphatic heterocycles. The molecule has 2 aromatic heterocycles. The number of ketones is 1. The van der Waals surface area contributed by atoms with Crippen LogP contribution < -0.4 is 11.1 Å². The lowest BCUT2D eigenvalue weighted by molar-refractivity contribution is -0.142. The molecule has 0 fully saturated rings. The van der Waals surface area contributed by atoms with Gasteiger partial charge in [-0.1, -0.05) is 0 Å². The molecule has 0 spiro atoms. The molecule has 0 saturated carbocycles. The van der Waals surface area contributed by atoms with Crippen LogP contribution in [0.1, 0.15) is 56.3 Å². The molecule has 12 heteroatoms.